The fourth-order valence-corrected chi connectivity index (χ4v) is 3.13. The van der Waals surface area contributed by atoms with Crippen molar-refractivity contribution in [3.05, 3.63) is 65.7 Å². The second kappa shape index (κ2) is 7.67. The van der Waals surface area contributed by atoms with Crippen LogP contribution in [-0.2, 0) is 11.4 Å². The van der Waals surface area contributed by atoms with Crippen LogP contribution >= 0.6 is 0 Å². The average molecular weight is 382 g/mol. The van der Waals surface area contributed by atoms with E-state index in [9.17, 15) is 9.18 Å². The van der Waals surface area contributed by atoms with Gasteiger partial charge in [0.15, 0.2) is 11.5 Å². The molecule has 0 saturated heterocycles. The SMILES string of the molecule is CCOc1cc([C@@H]2CC(=O)Nc3ncnn32)ccc1OCc1ccc(F)cc1. The van der Waals surface area contributed by atoms with Crippen molar-refractivity contribution in [2.45, 2.75) is 26.0 Å². The van der Waals surface area contributed by atoms with E-state index in [1.165, 1.54) is 18.5 Å². The first-order valence-corrected chi connectivity index (χ1v) is 8.97. The van der Waals surface area contributed by atoms with Gasteiger partial charge in [-0.25, -0.2) is 9.07 Å². The van der Waals surface area contributed by atoms with Crippen LogP contribution in [0.25, 0.3) is 0 Å². The Morgan fingerprint density at radius 3 is 2.79 bits per heavy atom. The summed E-state index contributed by atoms with van der Waals surface area (Å²) in [6.45, 7) is 2.65. The van der Waals surface area contributed by atoms with Crippen LogP contribution in [0, 0.1) is 5.82 Å². The lowest BCUT2D eigenvalue weighted by molar-refractivity contribution is -0.117. The number of rotatable bonds is 6. The average Bonchev–Trinajstić information content (AvgIpc) is 3.16. The van der Waals surface area contributed by atoms with Crippen LogP contribution in [0.2, 0.25) is 0 Å². The first kappa shape index (κ1) is 18.0. The summed E-state index contributed by atoms with van der Waals surface area (Å²) in [5.74, 6) is 1.19. The van der Waals surface area contributed by atoms with E-state index in [0.717, 1.165) is 11.1 Å². The maximum Gasteiger partial charge on any atom is 0.229 e. The van der Waals surface area contributed by atoms with Crippen molar-refractivity contribution in [2.75, 3.05) is 11.9 Å². The summed E-state index contributed by atoms with van der Waals surface area (Å²) in [5, 5.41) is 6.92. The van der Waals surface area contributed by atoms with Crippen molar-refractivity contribution >= 4 is 11.9 Å². The molecule has 1 aromatic heterocycles. The zero-order valence-electron chi connectivity index (χ0n) is 15.3. The number of carbonyl (C=O) groups excluding carboxylic acids is 1. The monoisotopic (exact) mass is 382 g/mol. The second-order valence-electron chi connectivity index (χ2n) is 6.35. The Balaban J connectivity index is 1.59. The first-order chi connectivity index (χ1) is 13.6. The Morgan fingerprint density at radius 1 is 1.18 bits per heavy atom. The topological polar surface area (TPSA) is 78.3 Å². The van der Waals surface area contributed by atoms with Crippen molar-refractivity contribution in [3.8, 4) is 11.5 Å². The van der Waals surface area contributed by atoms with E-state index < -0.39 is 0 Å². The molecule has 2 heterocycles. The molecule has 7 nitrogen and oxygen atoms in total. The van der Waals surface area contributed by atoms with Crippen LogP contribution in [0.3, 0.4) is 0 Å². The summed E-state index contributed by atoms with van der Waals surface area (Å²) in [7, 11) is 0. The zero-order chi connectivity index (χ0) is 19.5. The minimum Gasteiger partial charge on any atom is -0.490 e. The minimum atomic E-state index is -0.285. The van der Waals surface area contributed by atoms with Crippen LogP contribution in [0.1, 0.15) is 30.5 Å². The highest BCUT2D eigenvalue weighted by Crippen LogP contribution is 2.35. The molecule has 1 N–H and O–H groups in total. The second-order valence-corrected chi connectivity index (χ2v) is 6.35. The maximum atomic E-state index is 13.0. The van der Waals surface area contributed by atoms with Gasteiger partial charge in [0.1, 0.15) is 18.8 Å². The molecule has 0 bridgehead atoms. The number of hydrogen-bond acceptors (Lipinski definition) is 5. The molecule has 1 atom stereocenters. The molecule has 1 amide bonds. The van der Waals surface area contributed by atoms with Crippen LogP contribution < -0.4 is 14.8 Å². The summed E-state index contributed by atoms with van der Waals surface area (Å²) < 4.78 is 26.3. The van der Waals surface area contributed by atoms with Crippen LogP contribution in [0.4, 0.5) is 10.3 Å². The van der Waals surface area contributed by atoms with Gasteiger partial charge >= 0.3 is 0 Å². The minimum absolute atomic E-state index is 0.111. The number of carbonyl (C=O) groups is 1. The third kappa shape index (κ3) is 3.66. The van der Waals surface area contributed by atoms with Gasteiger partial charge < -0.3 is 9.47 Å². The summed E-state index contributed by atoms with van der Waals surface area (Å²) >= 11 is 0. The number of nitrogens with one attached hydrogen (secondary N) is 1. The van der Waals surface area contributed by atoms with Crippen molar-refractivity contribution in [1.29, 1.82) is 0 Å². The van der Waals surface area contributed by atoms with Crippen molar-refractivity contribution in [1.82, 2.24) is 14.8 Å². The predicted molar refractivity (Wildman–Crippen MR) is 99.8 cm³/mol. The van der Waals surface area contributed by atoms with E-state index in [-0.39, 0.29) is 24.2 Å². The maximum absolute atomic E-state index is 13.0. The standard InChI is InChI=1S/C20H19FN4O3/c1-2-27-18-9-14(16-10-19(26)24-20-22-12-23-25(16)20)5-8-17(18)28-11-13-3-6-15(21)7-4-13/h3-9,12,16H,2,10-11H2,1H3,(H,22,23,24,26)/t16-/m0/s1. The molecule has 0 fully saturated rings. The molecule has 144 valence electrons. The Morgan fingerprint density at radius 2 is 2.00 bits per heavy atom. The molecule has 2 aromatic carbocycles. The summed E-state index contributed by atoms with van der Waals surface area (Å²) in [6, 6.07) is 11.4. The molecular formula is C20H19FN4O3. The highest BCUT2D eigenvalue weighted by Gasteiger charge is 2.28. The normalized spacial score (nSPS) is 15.6. The third-order valence-corrected chi connectivity index (χ3v) is 4.46. The number of anilines is 1. The highest BCUT2D eigenvalue weighted by molar-refractivity contribution is 5.91. The molecule has 0 unspecified atom stereocenters. The summed E-state index contributed by atoms with van der Waals surface area (Å²) in [4.78, 5) is 16.1. The quantitative estimate of drug-likeness (QED) is 0.708. The molecule has 4 rings (SSSR count). The number of benzene rings is 2. The Kier molecular flexibility index (Phi) is 4.92. The fraction of sp³-hybridized carbons (Fsp3) is 0.250. The van der Waals surface area contributed by atoms with Crippen molar-refractivity contribution < 1.29 is 18.7 Å². The van der Waals surface area contributed by atoms with Gasteiger partial charge in [-0.3, -0.25) is 10.1 Å². The van der Waals surface area contributed by atoms with E-state index in [0.29, 0.717) is 30.7 Å². The van der Waals surface area contributed by atoms with E-state index in [1.54, 1.807) is 16.8 Å². The molecular weight excluding hydrogens is 363 g/mol. The van der Waals surface area contributed by atoms with E-state index in [2.05, 4.69) is 15.4 Å². The number of aromatic nitrogens is 3. The number of halogens is 1. The summed E-state index contributed by atoms with van der Waals surface area (Å²) in [6.07, 6.45) is 1.68. The van der Waals surface area contributed by atoms with Gasteiger partial charge in [0.05, 0.1) is 19.1 Å². The smallest absolute Gasteiger partial charge is 0.229 e. The van der Waals surface area contributed by atoms with Gasteiger partial charge in [-0.1, -0.05) is 18.2 Å². The Bertz CT molecular complexity index is 987. The highest BCUT2D eigenvalue weighted by atomic mass is 19.1. The molecule has 1 aliphatic heterocycles. The number of amides is 1. The van der Waals surface area contributed by atoms with Gasteiger partial charge in [0.2, 0.25) is 11.9 Å². The van der Waals surface area contributed by atoms with Crippen LogP contribution in [-0.4, -0.2) is 27.3 Å². The van der Waals surface area contributed by atoms with Gasteiger partial charge in [0, 0.05) is 0 Å². The molecule has 0 aliphatic carbocycles. The molecule has 1 aliphatic rings. The lowest BCUT2D eigenvalue weighted by Crippen LogP contribution is -2.29. The zero-order valence-corrected chi connectivity index (χ0v) is 15.3. The Labute approximate surface area is 161 Å². The fourth-order valence-electron chi connectivity index (χ4n) is 3.13. The first-order valence-electron chi connectivity index (χ1n) is 8.97. The van der Waals surface area contributed by atoms with Gasteiger partial charge in [0.25, 0.3) is 0 Å². The number of ether oxygens (including phenoxy) is 2. The van der Waals surface area contributed by atoms with Crippen LogP contribution in [0.15, 0.2) is 48.8 Å². The van der Waals surface area contributed by atoms with Gasteiger partial charge in [-0.2, -0.15) is 10.1 Å². The molecule has 0 saturated carbocycles. The number of nitrogens with zero attached hydrogens (tertiary/aromatic N) is 3. The van der Waals surface area contributed by atoms with Crippen molar-refractivity contribution in [2.24, 2.45) is 0 Å². The third-order valence-electron chi connectivity index (χ3n) is 4.46. The Hall–Kier alpha value is -3.42. The van der Waals surface area contributed by atoms with Gasteiger partial charge in [-0.15, -0.1) is 0 Å². The predicted octanol–water partition coefficient (Wildman–Crippen LogP) is 3.33. The van der Waals surface area contributed by atoms with Gasteiger partial charge in [-0.05, 0) is 42.3 Å². The lowest BCUT2D eigenvalue weighted by atomic mass is 10.0. The van der Waals surface area contributed by atoms with Crippen molar-refractivity contribution in [3.63, 3.8) is 0 Å². The van der Waals surface area contributed by atoms with E-state index >= 15 is 0 Å². The summed E-state index contributed by atoms with van der Waals surface area (Å²) in [5.41, 5.74) is 1.73. The lowest BCUT2D eigenvalue weighted by Gasteiger charge is -2.24. The van der Waals surface area contributed by atoms with Crippen LogP contribution in [0.5, 0.6) is 11.5 Å². The molecule has 3 aromatic rings. The van der Waals surface area contributed by atoms with E-state index in [1.807, 2.05) is 25.1 Å². The molecule has 8 heteroatoms. The molecule has 0 radical (unpaired) electrons. The number of hydrogen-bond donors (Lipinski definition) is 1. The number of fused-ring (bicyclic) bond motifs is 1. The molecule has 0 spiro atoms. The molecule has 28 heavy (non-hydrogen) atoms. The van der Waals surface area contributed by atoms with E-state index in [4.69, 9.17) is 9.47 Å². The largest absolute Gasteiger partial charge is 0.490 e.